The van der Waals surface area contributed by atoms with Crippen molar-refractivity contribution >= 4 is 16.5 Å². The minimum Gasteiger partial charge on any atom is -0.268 e. The molecule has 0 fully saturated rings. The van der Waals surface area contributed by atoms with Crippen molar-refractivity contribution in [3.05, 3.63) is 47.7 Å². The maximum atomic E-state index is 4.34. The number of allylic oxidation sites excluding steroid dienone is 4. The van der Waals surface area contributed by atoms with Gasteiger partial charge in [-0.15, -0.1) is 0 Å². The Morgan fingerprint density at radius 1 is 1.33 bits per heavy atom. The number of fused-ring (bicyclic) bond motifs is 1. The summed E-state index contributed by atoms with van der Waals surface area (Å²) in [5.74, 6) is 0.665. The van der Waals surface area contributed by atoms with E-state index >= 15 is 0 Å². The average molecular weight is 282 g/mol. The van der Waals surface area contributed by atoms with Gasteiger partial charge in [-0.1, -0.05) is 39.0 Å². The molecule has 2 nitrogen and oxygen atoms in total. The maximum absolute atomic E-state index is 4.34. The number of rotatable bonds is 5. The molecule has 1 heterocycles. The van der Waals surface area contributed by atoms with Gasteiger partial charge in [0.25, 0.3) is 0 Å². The quantitative estimate of drug-likeness (QED) is 0.675. The molecule has 2 aromatic rings. The number of aryl methyl sites for hydroxylation is 1. The van der Waals surface area contributed by atoms with Crippen LogP contribution < -0.4 is 0 Å². The van der Waals surface area contributed by atoms with Gasteiger partial charge in [-0.3, -0.25) is 4.68 Å². The predicted molar refractivity (Wildman–Crippen MR) is 92.2 cm³/mol. The van der Waals surface area contributed by atoms with Crippen LogP contribution in [0.1, 0.15) is 46.1 Å². The third-order valence-corrected chi connectivity index (χ3v) is 3.79. The molecule has 0 saturated carbocycles. The molecule has 0 spiro atoms. The molecule has 21 heavy (non-hydrogen) atoms. The van der Waals surface area contributed by atoms with Gasteiger partial charge in [-0.2, -0.15) is 5.10 Å². The molecule has 2 heteroatoms. The van der Waals surface area contributed by atoms with E-state index in [0.29, 0.717) is 5.92 Å². The number of aromatic nitrogens is 2. The largest absolute Gasteiger partial charge is 0.268 e. The molecule has 0 N–H and O–H groups in total. The zero-order valence-electron chi connectivity index (χ0n) is 13.9. The Hall–Kier alpha value is -1.83. The van der Waals surface area contributed by atoms with Crippen LogP contribution in [0.2, 0.25) is 0 Å². The van der Waals surface area contributed by atoms with Crippen molar-refractivity contribution in [2.24, 2.45) is 13.0 Å². The summed E-state index contributed by atoms with van der Waals surface area (Å²) in [4.78, 5) is 0. The maximum Gasteiger partial charge on any atom is 0.0679 e. The lowest BCUT2D eigenvalue weighted by Gasteiger charge is -2.15. The fraction of sp³-hybridized carbons (Fsp3) is 0.421. The fourth-order valence-corrected chi connectivity index (χ4v) is 2.79. The highest BCUT2D eigenvalue weighted by molar-refractivity contribution is 5.87. The van der Waals surface area contributed by atoms with Gasteiger partial charge < -0.3 is 0 Å². The lowest BCUT2D eigenvalue weighted by molar-refractivity contribution is 0.651. The van der Waals surface area contributed by atoms with Crippen molar-refractivity contribution in [2.75, 3.05) is 0 Å². The molecule has 0 aliphatic rings. The number of nitrogens with zero attached hydrogens (tertiary/aromatic N) is 2. The second-order valence-electron chi connectivity index (χ2n) is 5.98. The van der Waals surface area contributed by atoms with E-state index in [0.717, 1.165) is 12.8 Å². The highest BCUT2D eigenvalue weighted by Gasteiger charge is 2.10. The summed E-state index contributed by atoms with van der Waals surface area (Å²) in [5.41, 5.74) is 5.29. The van der Waals surface area contributed by atoms with E-state index in [4.69, 9.17) is 0 Å². The van der Waals surface area contributed by atoms with Crippen LogP contribution in [-0.2, 0) is 7.05 Å². The van der Waals surface area contributed by atoms with Crippen molar-refractivity contribution < 1.29 is 0 Å². The monoisotopic (exact) mass is 282 g/mol. The van der Waals surface area contributed by atoms with Crippen molar-refractivity contribution in [3.63, 3.8) is 0 Å². The predicted octanol–water partition coefficient (Wildman–Crippen LogP) is 5.36. The lowest BCUT2D eigenvalue weighted by Crippen LogP contribution is -1.96. The van der Waals surface area contributed by atoms with Crippen LogP contribution in [0.4, 0.5) is 0 Å². The second-order valence-corrected chi connectivity index (χ2v) is 5.98. The third-order valence-electron chi connectivity index (χ3n) is 3.79. The van der Waals surface area contributed by atoms with Gasteiger partial charge >= 0.3 is 0 Å². The molecule has 0 aliphatic heterocycles. The zero-order chi connectivity index (χ0) is 15.4. The first-order chi connectivity index (χ1) is 10.1. The van der Waals surface area contributed by atoms with Gasteiger partial charge in [-0.05, 0) is 54.5 Å². The van der Waals surface area contributed by atoms with Crippen molar-refractivity contribution in [1.82, 2.24) is 9.78 Å². The van der Waals surface area contributed by atoms with E-state index < -0.39 is 0 Å². The summed E-state index contributed by atoms with van der Waals surface area (Å²) < 4.78 is 1.92. The molecular formula is C19H26N2. The normalized spacial score (nSPS) is 13.4. The molecule has 0 radical (unpaired) electrons. The molecule has 0 unspecified atom stereocenters. The standard InChI is InChI=1S/C19H26N2/c1-6-8-18(15(7-2)11-14(3)4)16-9-10-19-17(12-16)13-20-21(19)5/h7-10,12-14H,6,11H2,1-5H3/b15-7-,18-8+. The molecule has 0 aliphatic carbocycles. The number of hydrogen-bond acceptors (Lipinski definition) is 1. The smallest absolute Gasteiger partial charge is 0.0679 e. The Morgan fingerprint density at radius 2 is 2.10 bits per heavy atom. The fourth-order valence-electron chi connectivity index (χ4n) is 2.79. The van der Waals surface area contributed by atoms with E-state index in [1.165, 1.54) is 27.6 Å². The molecule has 0 saturated heterocycles. The van der Waals surface area contributed by atoms with E-state index in [2.05, 4.69) is 63.1 Å². The van der Waals surface area contributed by atoms with Gasteiger partial charge in [-0.25, -0.2) is 0 Å². The molecule has 0 bridgehead atoms. The van der Waals surface area contributed by atoms with Gasteiger partial charge in [0.15, 0.2) is 0 Å². The number of hydrogen-bond donors (Lipinski definition) is 0. The first kappa shape index (κ1) is 15.6. The SMILES string of the molecule is C/C=C(CC(C)C)\C(=C/CC)c1ccc2c(cnn2C)c1. The Bertz CT molecular complexity index is 672. The lowest BCUT2D eigenvalue weighted by atomic mass is 9.90. The Morgan fingerprint density at radius 3 is 2.71 bits per heavy atom. The van der Waals surface area contributed by atoms with Crippen molar-refractivity contribution in [2.45, 2.75) is 40.5 Å². The number of benzene rings is 1. The first-order valence-corrected chi connectivity index (χ1v) is 7.84. The highest BCUT2D eigenvalue weighted by atomic mass is 15.2. The first-order valence-electron chi connectivity index (χ1n) is 7.84. The Labute approximate surface area is 128 Å². The molecule has 0 atom stereocenters. The minimum absolute atomic E-state index is 0.665. The summed E-state index contributed by atoms with van der Waals surface area (Å²) in [7, 11) is 1.99. The Balaban J connectivity index is 2.47. The molecule has 1 aromatic carbocycles. The molecule has 2 rings (SSSR count). The van der Waals surface area contributed by atoms with Crippen molar-refractivity contribution in [3.8, 4) is 0 Å². The van der Waals surface area contributed by atoms with E-state index in [9.17, 15) is 0 Å². The minimum atomic E-state index is 0.665. The third kappa shape index (κ3) is 3.44. The van der Waals surface area contributed by atoms with Gasteiger partial charge in [0.05, 0.1) is 11.7 Å². The van der Waals surface area contributed by atoms with Gasteiger partial charge in [0.2, 0.25) is 0 Å². The molecule has 1 aromatic heterocycles. The van der Waals surface area contributed by atoms with E-state index in [1.54, 1.807) is 0 Å². The zero-order valence-corrected chi connectivity index (χ0v) is 13.9. The van der Waals surface area contributed by atoms with Crippen molar-refractivity contribution in [1.29, 1.82) is 0 Å². The summed E-state index contributed by atoms with van der Waals surface area (Å²) in [6.45, 7) is 8.89. The van der Waals surface area contributed by atoms with E-state index in [-0.39, 0.29) is 0 Å². The summed E-state index contributed by atoms with van der Waals surface area (Å²) in [6, 6.07) is 6.65. The van der Waals surface area contributed by atoms with Crippen LogP contribution in [0.3, 0.4) is 0 Å². The van der Waals surface area contributed by atoms with Gasteiger partial charge in [0.1, 0.15) is 0 Å². The van der Waals surface area contributed by atoms with Crippen LogP contribution in [0, 0.1) is 5.92 Å². The molecule has 0 amide bonds. The second kappa shape index (κ2) is 6.75. The van der Waals surface area contributed by atoms with Gasteiger partial charge in [0, 0.05) is 12.4 Å². The average Bonchev–Trinajstić information content (AvgIpc) is 2.83. The van der Waals surface area contributed by atoms with Crippen LogP contribution in [-0.4, -0.2) is 9.78 Å². The topological polar surface area (TPSA) is 17.8 Å². The van der Waals surface area contributed by atoms with Crippen LogP contribution in [0.25, 0.3) is 16.5 Å². The summed E-state index contributed by atoms with van der Waals surface area (Å²) in [6.07, 6.45) is 8.72. The van der Waals surface area contributed by atoms with Crippen LogP contribution >= 0.6 is 0 Å². The van der Waals surface area contributed by atoms with Crippen LogP contribution in [0.15, 0.2) is 42.1 Å². The highest BCUT2D eigenvalue weighted by Crippen LogP contribution is 2.30. The molecule has 112 valence electrons. The van der Waals surface area contributed by atoms with E-state index in [1.807, 2.05) is 17.9 Å². The summed E-state index contributed by atoms with van der Waals surface area (Å²) >= 11 is 0. The Kier molecular flexibility index (Phi) is 5.00. The summed E-state index contributed by atoms with van der Waals surface area (Å²) in [5, 5.41) is 5.54. The molecular weight excluding hydrogens is 256 g/mol. The van der Waals surface area contributed by atoms with Crippen LogP contribution in [0.5, 0.6) is 0 Å².